The molecule has 0 bridgehead atoms. The van der Waals surface area contributed by atoms with Crippen LogP contribution in [0.15, 0.2) is 41.9 Å². The number of nitrogens with zero attached hydrogens (tertiary/aromatic N) is 3. The molecule has 0 unspecified atom stereocenters. The molecule has 28 heavy (non-hydrogen) atoms. The molecule has 0 radical (unpaired) electrons. The van der Waals surface area contributed by atoms with Gasteiger partial charge in [-0.25, -0.2) is 13.8 Å². The molecule has 3 aromatic rings. The summed E-state index contributed by atoms with van der Waals surface area (Å²) in [4.78, 5) is 6.98. The highest BCUT2D eigenvalue weighted by molar-refractivity contribution is 5.74. The van der Waals surface area contributed by atoms with Crippen LogP contribution < -0.4 is 11.3 Å². The molecular weight excluding hydrogens is 372 g/mol. The van der Waals surface area contributed by atoms with Crippen LogP contribution in [0.4, 0.5) is 8.78 Å². The maximum Gasteiger partial charge on any atom is 0.183 e. The maximum absolute atomic E-state index is 13.5. The summed E-state index contributed by atoms with van der Waals surface area (Å²) in [7, 11) is 0. The van der Waals surface area contributed by atoms with Gasteiger partial charge in [0.1, 0.15) is 11.8 Å². The Labute approximate surface area is 157 Å². The third-order valence-electron chi connectivity index (χ3n) is 5.41. The quantitative estimate of drug-likeness (QED) is 0.326. The first-order chi connectivity index (χ1) is 13.4. The summed E-state index contributed by atoms with van der Waals surface area (Å²) in [5, 5.41) is 35.9. The molecule has 5 atom stereocenters. The van der Waals surface area contributed by atoms with Crippen LogP contribution in [0.1, 0.15) is 24.1 Å². The highest BCUT2D eigenvalue weighted by Crippen LogP contribution is 2.43. The Morgan fingerprint density at radius 1 is 1.21 bits per heavy atom. The number of nitrogens with one attached hydrogen (secondary N) is 1. The van der Waals surface area contributed by atoms with E-state index < -0.39 is 41.9 Å². The van der Waals surface area contributed by atoms with Gasteiger partial charge in [-0.3, -0.25) is 0 Å². The number of H-pyrrole nitrogens is 1. The second-order valence-corrected chi connectivity index (χ2v) is 6.91. The minimum Gasteiger partial charge on any atom is -0.390 e. The molecule has 6 N–H and O–H groups in total. The second-order valence-electron chi connectivity index (χ2n) is 6.91. The Bertz CT molecular complexity index is 1080. The summed E-state index contributed by atoms with van der Waals surface area (Å²) in [6.07, 6.45) is -0.393. The van der Waals surface area contributed by atoms with E-state index in [0.29, 0.717) is 16.5 Å². The van der Waals surface area contributed by atoms with Crippen molar-refractivity contribution in [2.75, 3.05) is 0 Å². The van der Waals surface area contributed by atoms with Gasteiger partial charge in [0.2, 0.25) is 0 Å². The van der Waals surface area contributed by atoms with Gasteiger partial charge in [0.05, 0.1) is 30.0 Å². The average Bonchev–Trinajstić information content (AvgIpc) is 3.25. The van der Waals surface area contributed by atoms with E-state index in [1.807, 2.05) is 0 Å². The number of hydrogen-bond donors (Lipinski definition) is 5. The Kier molecular flexibility index (Phi) is 4.61. The highest BCUT2D eigenvalue weighted by atomic mass is 19.2. The van der Waals surface area contributed by atoms with E-state index in [1.165, 1.54) is 12.4 Å². The minimum atomic E-state index is -1.27. The van der Waals surface area contributed by atoms with Crippen LogP contribution >= 0.6 is 0 Å². The Balaban J connectivity index is 1.67. The van der Waals surface area contributed by atoms with Gasteiger partial charge >= 0.3 is 0 Å². The first-order valence-electron chi connectivity index (χ1n) is 8.69. The van der Waals surface area contributed by atoms with Gasteiger partial charge in [-0.1, -0.05) is 6.07 Å². The SMILES string of the molecule is N/N=c1/nc[nH]c2c1ccn2[C@@H]1C[C@H]([C@H](O)c2ccc(F)c(F)c2)[C@@H](O)[C@H]1O. The number of halogens is 2. The summed E-state index contributed by atoms with van der Waals surface area (Å²) < 4.78 is 28.4. The Hall–Kier alpha value is -2.82. The monoisotopic (exact) mass is 391 g/mol. The van der Waals surface area contributed by atoms with Crippen LogP contribution in [-0.2, 0) is 0 Å². The standard InChI is InChI=1S/C18H19F2N5O3/c19-11-2-1-8(5-12(11)20)14(26)10-6-13(16(28)15(10)27)25-4-3-9-17(24-21)22-7-23-18(9)25/h1-5,7,10,13-16,26-28H,6,21H2,(H,22,23,24)/t10-,13-,14-,15-,16+/m1/s1. The van der Waals surface area contributed by atoms with Crippen LogP contribution in [0.25, 0.3) is 11.0 Å². The van der Waals surface area contributed by atoms with Crippen molar-refractivity contribution in [3.8, 4) is 0 Å². The van der Waals surface area contributed by atoms with Gasteiger partial charge in [0.15, 0.2) is 17.1 Å². The second kappa shape index (κ2) is 6.97. The van der Waals surface area contributed by atoms with Gasteiger partial charge in [-0.2, -0.15) is 5.10 Å². The number of benzene rings is 1. The molecule has 0 aliphatic heterocycles. The number of aromatic nitrogens is 3. The number of rotatable bonds is 3. The minimum absolute atomic E-state index is 0.133. The molecule has 10 heteroatoms. The first kappa shape index (κ1) is 18.5. The van der Waals surface area contributed by atoms with E-state index in [9.17, 15) is 24.1 Å². The molecule has 1 aromatic carbocycles. The molecular formula is C18H19F2N5O3. The largest absolute Gasteiger partial charge is 0.390 e. The fourth-order valence-electron chi connectivity index (χ4n) is 3.96. The maximum atomic E-state index is 13.5. The van der Waals surface area contributed by atoms with E-state index in [2.05, 4.69) is 15.1 Å². The molecule has 0 saturated heterocycles. The molecule has 2 aromatic heterocycles. The van der Waals surface area contributed by atoms with Gasteiger partial charge in [-0.05, 0) is 30.2 Å². The normalized spacial score (nSPS) is 26.8. The lowest BCUT2D eigenvalue weighted by atomic mass is 9.92. The van der Waals surface area contributed by atoms with Crippen molar-refractivity contribution >= 4 is 11.0 Å². The lowest BCUT2D eigenvalue weighted by Crippen LogP contribution is -2.31. The smallest absolute Gasteiger partial charge is 0.183 e. The molecule has 1 aliphatic carbocycles. The van der Waals surface area contributed by atoms with Gasteiger partial charge in [-0.15, -0.1) is 0 Å². The summed E-state index contributed by atoms with van der Waals surface area (Å²) in [5.74, 6) is 2.45. The highest BCUT2D eigenvalue weighted by Gasteiger charge is 2.46. The van der Waals surface area contributed by atoms with Crippen LogP contribution in [-0.4, -0.2) is 42.1 Å². The molecule has 1 saturated carbocycles. The average molecular weight is 391 g/mol. The van der Waals surface area contributed by atoms with Crippen molar-refractivity contribution in [1.82, 2.24) is 14.5 Å². The van der Waals surface area contributed by atoms with E-state index in [-0.39, 0.29) is 12.0 Å². The molecule has 2 heterocycles. The van der Waals surface area contributed by atoms with E-state index in [4.69, 9.17) is 5.84 Å². The number of fused-ring (bicyclic) bond motifs is 1. The fourth-order valence-corrected chi connectivity index (χ4v) is 3.96. The molecule has 148 valence electrons. The van der Waals surface area contributed by atoms with Crippen LogP contribution in [0.3, 0.4) is 0 Å². The zero-order valence-corrected chi connectivity index (χ0v) is 14.6. The number of aliphatic hydroxyl groups is 3. The van der Waals surface area contributed by atoms with Crippen LogP contribution in [0, 0.1) is 17.6 Å². The third-order valence-corrected chi connectivity index (χ3v) is 5.41. The molecule has 0 amide bonds. The summed E-state index contributed by atoms with van der Waals surface area (Å²) in [6, 6.07) is 4.23. The lowest BCUT2D eigenvalue weighted by molar-refractivity contribution is -0.0265. The number of hydrogen-bond acceptors (Lipinski definition) is 6. The van der Waals surface area contributed by atoms with Crippen molar-refractivity contribution < 1.29 is 24.1 Å². The third kappa shape index (κ3) is 2.86. The fraction of sp³-hybridized carbons (Fsp3) is 0.333. The number of nitrogens with two attached hydrogens (primary N) is 1. The molecule has 1 aliphatic rings. The van der Waals surface area contributed by atoms with Crippen molar-refractivity contribution in [2.24, 2.45) is 16.9 Å². The first-order valence-corrected chi connectivity index (χ1v) is 8.69. The lowest BCUT2D eigenvalue weighted by Gasteiger charge is -2.22. The summed E-state index contributed by atoms with van der Waals surface area (Å²) in [5.41, 5.74) is 1.05. The Morgan fingerprint density at radius 2 is 2.00 bits per heavy atom. The molecule has 4 rings (SSSR count). The van der Waals surface area contributed by atoms with E-state index in [1.54, 1.807) is 16.8 Å². The van der Waals surface area contributed by atoms with Gasteiger partial charge in [0, 0.05) is 12.1 Å². The van der Waals surface area contributed by atoms with Crippen LogP contribution in [0.2, 0.25) is 0 Å². The Morgan fingerprint density at radius 3 is 2.71 bits per heavy atom. The van der Waals surface area contributed by atoms with E-state index in [0.717, 1.165) is 12.1 Å². The zero-order valence-electron chi connectivity index (χ0n) is 14.6. The molecule has 8 nitrogen and oxygen atoms in total. The van der Waals surface area contributed by atoms with Crippen molar-refractivity contribution in [2.45, 2.75) is 30.8 Å². The predicted molar refractivity (Wildman–Crippen MR) is 94.3 cm³/mol. The summed E-state index contributed by atoms with van der Waals surface area (Å²) in [6.45, 7) is 0. The van der Waals surface area contributed by atoms with Gasteiger partial charge in [0.25, 0.3) is 0 Å². The summed E-state index contributed by atoms with van der Waals surface area (Å²) >= 11 is 0. The number of aromatic amines is 1. The zero-order chi connectivity index (χ0) is 20.0. The van der Waals surface area contributed by atoms with Gasteiger partial charge < -0.3 is 30.7 Å². The topological polar surface area (TPSA) is 133 Å². The molecule has 0 spiro atoms. The van der Waals surface area contributed by atoms with Crippen molar-refractivity contribution in [3.63, 3.8) is 0 Å². The van der Waals surface area contributed by atoms with E-state index >= 15 is 0 Å². The predicted octanol–water partition coefficient (Wildman–Crippen LogP) is 0.433. The van der Waals surface area contributed by atoms with Crippen molar-refractivity contribution in [3.05, 3.63) is 59.5 Å². The molecule has 1 fully saturated rings. The van der Waals surface area contributed by atoms with Crippen LogP contribution in [0.5, 0.6) is 0 Å². The van der Waals surface area contributed by atoms with Crippen molar-refractivity contribution in [1.29, 1.82) is 0 Å². The number of aliphatic hydroxyl groups excluding tert-OH is 3.